The Morgan fingerprint density at radius 3 is 2.07 bits per heavy atom. The highest BCUT2D eigenvalue weighted by atomic mass is 16.5. The van der Waals surface area contributed by atoms with E-state index in [0.29, 0.717) is 13.2 Å². The summed E-state index contributed by atoms with van der Waals surface area (Å²) < 4.78 is 10.7. The second-order valence-electron chi connectivity index (χ2n) is 3.19. The minimum atomic E-state index is 0.0570. The molecule has 78 valence electrons. The molecule has 0 aliphatic heterocycles. The maximum Gasteiger partial charge on any atom is 0.119 e. The molecule has 1 aromatic carbocycles. The standard InChI is InChI=1S/C11H17NO2/c1-3-13-10-4-6-11(7-5-10)14-8-9(2)12/h4-7,9H,3,8,12H2,1-2H3/t9-/m1/s1. The summed E-state index contributed by atoms with van der Waals surface area (Å²) >= 11 is 0. The second kappa shape index (κ2) is 5.50. The fraction of sp³-hybridized carbons (Fsp3) is 0.455. The van der Waals surface area contributed by atoms with Crippen molar-refractivity contribution in [1.82, 2.24) is 0 Å². The molecule has 0 aliphatic carbocycles. The minimum Gasteiger partial charge on any atom is -0.494 e. The Balaban J connectivity index is 2.46. The Morgan fingerprint density at radius 2 is 1.64 bits per heavy atom. The van der Waals surface area contributed by atoms with E-state index in [1.807, 2.05) is 38.1 Å². The molecule has 1 rings (SSSR count). The molecule has 3 nitrogen and oxygen atoms in total. The third kappa shape index (κ3) is 3.66. The number of ether oxygens (including phenoxy) is 2. The van der Waals surface area contributed by atoms with Gasteiger partial charge in [0.2, 0.25) is 0 Å². The zero-order valence-corrected chi connectivity index (χ0v) is 8.69. The molecule has 0 unspecified atom stereocenters. The lowest BCUT2D eigenvalue weighted by Gasteiger charge is -2.09. The smallest absolute Gasteiger partial charge is 0.119 e. The fourth-order valence-corrected chi connectivity index (χ4v) is 1.03. The molecule has 0 bridgehead atoms. The summed E-state index contributed by atoms with van der Waals surface area (Å²) in [4.78, 5) is 0. The Hall–Kier alpha value is -1.22. The van der Waals surface area contributed by atoms with Gasteiger partial charge in [-0.25, -0.2) is 0 Å². The van der Waals surface area contributed by atoms with Crippen molar-refractivity contribution in [3.63, 3.8) is 0 Å². The van der Waals surface area contributed by atoms with Crippen molar-refractivity contribution in [1.29, 1.82) is 0 Å². The third-order valence-electron chi connectivity index (χ3n) is 1.65. The van der Waals surface area contributed by atoms with Gasteiger partial charge >= 0.3 is 0 Å². The first kappa shape index (κ1) is 10.9. The van der Waals surface area contributed by atoms with Crippen LogP contribution in [0.25, 0.3) is 0 Å². The largest absolute Gasteiger partial charge is 0.494 e. The molecule has 0 aromatic heterocycles. The molecule has 2 N–H and O–H groups in total. The normalized spacial score (nSPS) is 12.2. The quantitative estimate of drug-likeness (QED) is 0.779. The van der Waals surface area contributed by atoms with Gasteiger partial charge in [0, 0.05) is 6.04 Å². The predicted octanol–water partition coefficient (Wildman–Crippen LogP) is 1.81. The second-order valence-corrected chi connectivity index (χ2v) is 3.19. The van der Waals surface area contributed by atoms with E-state index < -0.39 is 0 Å². The zero-order valence-electron chi connectivity index (χ0n) is 8.69. The van der Waals surface area contributed by atoms with E-state index in [9.17, 15) is 0 Å². The molecule has 3 heteroatoms. The number of rotatable bonds is 5. The molecule has 0 aliphatic rings. The summed E-state index contributed by atoms with van der Waals surface area (Å²) in [6.07, 6.45) is 0. The molecule has 14 heavy (non-hydrogen) atoms. The van der Waals surface area contributed by atoms with Crippen LogP contribution >= 0.6 is 0 Å². The van der Waals surface area contributed by atoms with E-state index in [1.54, 1.807) is 0 Å². The summed E-state index contributed by atoms with van der Waals surface area (Å²) in [5.74, 6) is 1.69. The molecule has 1 atom stereocenters. The molecule has 1 aromatic rings. The van der Waals surface area contributed by atoms with E-state index in [-0.39, 0.29) is 6.04 Å². The monoisotopic (exact) mass is 195 g/mol. The predicted molar refractivity (Wildman–Crippen MR) is 56.8 cm³/mol. The highest BCUT2D eigenvalue weighted by Crippen LogP contribution is 2.17. The van der Waals surface area contributed by atoms with Crippen LogP contribution in [0.5, 0.6) is 11.5 Å². The molecule has 0 amide bonds. The maximum absolute atomic E-state index is 5.57. The van der Waals surface area contributed by atoms with Crippen molar-refractivity contribution in [3.8, 4) is 11.5 Å². The lowest BCUT2D eigenvalue weighted by Crippen LogP contribution is -2.23. The van der Waals surface area contributed by atoms with Crippen LogP contribution in [0.2, 0.25) is 0 Å². The van der Waals surface area contributed by atoms with Gasteiger partial charge in [-0.2, -0.15) is 0 Å². The lowest BCUT2D eigenvalue weighted by molar-refractivity contribution is 0.294. The molecule has 0 fully saturated rings. The highest BCUT2D eigenvalue weighted by molar-refractivity contribution is 5.31. The van der Waals surface area contributed by atoms with Crippen molar-refractivity contribution < 1.29 is 9.47 Å². The SMILES string of the molecule is CCOc1ccc(OC[C@@H](C)N)cc1. The molecule has 0 heterocycles. The number of nitrogens with two attached hydrogens (primary N) is 1. The summed E-state index contributed by atoms with van der Waals surface area (Å²) in [6, 6.07) is 7.60. The van der Waals surface area contributed by atoms with Crippen molar-refractivity contribution in [2.24, 2.45) is 5.73 Å². The van der Waals surface area contributed by atoms with E-state index in [2.05, 4.69) is 0 Å². The molecule has 0 spiro atoms. The van der Waals surface area contributed by atoms with Gasteiger partial charge in [-0.1, -0.05) is 0 Å². The van der Waals surface area contributed by atoms with Crippen LogP contribution < -0.4 is 15.2 Å². The first-order valence-corrected chi connectivity index (χ1v) is 4.83. The Kier molecular flexibility index (Phi) is 4.26. The van der Waals surface area contributed by atoms with E-state index in [0.717, 1.165) is 11.5 Å². The van der Waals surface area contributed by atoms with Gasteiger partial charge in [0.25, 0.3) is 0 Å². The van der Waals surface area contributed by atoms with Crippen LogP contribution in [-0.2, 0) is 0 Å². The number of hydrogen-bond acceptors (Lipinski definition) is 3. The van der Waals surface area contributed by atoms with Gasteiger partial charge in [-0.15, -0.1) is 0 Å². The number of benzene rings is 1. The van der Waals surface area contributed by atoms with Gasteiger partial charge in [-0.05, 0) is 38.1 Å². The summed E-state index contributed by atoms with van der Waals surface area (Å²) in [5.41, 5.74) is 5.57. The highest BCUT2D eigenvalue weighted by Gasteiger charge is 1.97. The zero-order chi connectivity index (χ0) is 10.4. The Morgan fingerprint density at radius 1 is 1.14 bits per heavy atom. The van der Waals surface area contributed by atoms with Crippen molar-refractivity contribution in [2.45, 2.75) is 19.9 Å². The summed E-state index contributed by atoms with van der Waals surface area (Å²) in [7, 11) is 0. The molecular formula is C11H17NO2. The van der Waals surface area contributed by atoms with Crippen LogP contribution in [0.4, 0.5) is 0 Å². The van der Waals surface area contributed by atoms with Gasteiger partial charge < -0.3 is 15.2 Å². The summed E-state index contributed by atoms with van der Waals surface area (Å²) in [5, 5.41) is 0. The van der Waals surface area contributed by atoms with Crippen LogP contribution in [0, 0.1) is 0 Å². The molecule has 0 radical (unpaired) electrons. The average molecular weight is 195 g/mol. The number of hydrogen-bond donors (Lipinski definition) is 1. The average Bonchev–Trinajstić information content (AvgIpc) is 2.17. The van der Waals surface area contributed by atoms with Crippen LogP contribution in [0.3, 0.4) is 0 Å². The van der Waals surface area contributed by atoms with Crippen molar-refractivity contribution in [2.75, 3.05) is 13.2 Å². The topological polar surface area (TPSA) is 44.5 Å². The van der Waals surface area contributed by atoms with Crippen LogP contribution in [-0.4, -0.2) is 19.3 Å². The molecule has 0 saturated carbocycles. The molecule has 0 saturated heterocycles. The third-order valence-corrected chi connectivity index (χ3v) is 1.65. The first-order chi connectivity index (χ1) is 6.72. The Bertz CT molecular complexity index is 256. The van der Waals surface area contributed by atoms with E-state index in [4.69, 9.17) is 15.2 Å². The van der Waals surface area contributed by atoms with Gasteiger partial charge in [0.1, 0.15) is 18.1 Å². The maximum atomic E-state index is 5.57. The minimum absolute atomic E-state index is 0.0570. The fourth-order valence-electron chi connectivity index (χ4n) is 1.03. The van der Waals surface area contributed by atoms with Gasteiger partial charge in [0.15, 0.2) is 0 Å². The lowest BCUT2D eigenvalue weighted by atomic mass is 10.3. The van der Waals surface area contributed by atoms with E-state index in [1.165, 1.54) is 0 Å². The molecular weight excluding hydrogens is 178 g/mol. The van der Waals surface area contributed by atoms with Gasteiger partial charge in [-0.3, -0.25) is 0 Å². The first-order valence-electron chi connectivity index (χ1n) is 4.83. The van der Waals surface area contributed by atoms with Crippen molar-refractivity contribution >= 4 is 0 Å². The van der Waals surface area contributed by atoms with Crippen molar-refractivity contribution in [3.05, 3.63) is 24.3 Å². The van der Waals surface area contributed by atoms with Crippen LogP contribution in [0.15, 0.2) is 24.3 Å². The van der Waals surface area contributed by atoms with Crippen LogP contribution in [0.1, 0.15) is 13.8 Å². The van der Waals surface area contributed by atoms with Gasteiger partial charge in [0.05, 0.1) is 6.61 Å². The summed E-state index contributed by atoms with van der Waals surface area (Å²) in [6.45, 7) is 5.09. The van der Waals surface area contributed by atoms with E-state index >= 15 is 0 Å². The Labute approximate surface area is 84.8 Å².